The number of hydrogen-bond donors (Lipinski definition) is 2. The summed E-state index contributed by atoms with van der Waals surface area (Å²) in [5.41, 5.74) is 0.678. The van der Waals surface area contributed by atoms with Gasteiger partial charge in [-0.2, -0.15) is 13.2 Å². The molecule has 1 aromatic rings. The number of nitrogens with one attached hydrogen (secondary N) is 2. The highest BCUT2D eigenvalue weighted by Gasteiger charge is 2.27. The lowest BCUT2D eigenvalue weighted by Gasteiger charge is -2.32. The fraction of sp³-hybridized carbons (Fsp3) is 0.588. The number of benzene rings is 1. The molecule has 0 atom stereocenters. The summed E-state index contributed by atoms with van der Waals surface area (Å²) in [4.78, 5) is 13.8. The number of nitrogens with zero attached hydrogens (tertiary/aromatic N) is 1. The lowest BCUT2D eigenvalue weighted by atomic mass is 10.0. The van der Waals surface area contributed by atoms with Crippen molar-refractivity contribution in [3.8, 4) is 0 Å². The molecule has 0 unspecified atom stereocenters. The fourth-order valence-electron chi connectivity index (χ4n) is 2.79. The van der Waals surface area contributed by atoms with E-state index in [0.29, 0.717) is 38.0 Å². The van der Waals surface area contributed by atoms with Crippen molar-refractivity contribution in [1.82, 2.24) is 15.5 Å². The van der Waals surface area contributed by atoms with E-state index in [2.05, 4.69) is 20.3 Å². The van der Waals surface area contributed by atoms with E-state index >= 15 is 0 Å². The number of halogens is 5. The molecular weight excluding hydrogens is 373 g/mol. The first-order valence-corrected chi connectivity index (χ1v) is 8.58. The van der Waals surface area contributed by atoms with Crippen LogP contribution in [0.5, 0.6) is 0 Å². The number of carbonyl (C=O) groups excluding carboxylic acids is 1. The highest BCUT2D eigenvalue weighted by Crippen LogP contribution is 2.16. The third-order valence-corrected chi connectivity index (χ3v) is 4.11. The number of ether oxygens (including phenoxy) is 1. The van der Waals surface area contributed by atoms with E-state index in [4.69, 9.17) is 0 Å². The molecule has 0 saturated carbocycles. The van der Waals surface area contributed by atoms with Gasteiger partial charge in [-0.05, 0) is 30.5 Å². The second-order valence-electron chi connectivity index (χ2n) is 6.37. The fourth-order valence-corrected chi connectivity index (χ4v) is 2.79. The van der Waals surface area contributed by atoms with Crippen LogP contribution in [-0.4, -0.2) is 56.0 Å². The summed E-state index contributed by atoms with van der Waals surface area (Å²) in [5.74, 6) is -1.75. The van der Waals surface area contributed by atoms with Crippen LogP contribution in [-0.2, 0) is 11.3 Å². The maximum absolute atomic E-state index is 13.2. The zero-order valence-electron chi connectivity index (χ0n) is 14.6. The van der Waals surface area contributed by atoms with Gasteiger partial charge in [-0.1, -0.05) is 6.07 Å². The van der Waals surface area contributed by atoms with Crippen LogP contribution in [0.3, 0.4) is 0 Å². The lowest BCUT2D eigenvalue weighted by Crippen LogP contribution is -2.48. The molecule has 0 aliphatic carbocycles. The number of rotatable bonds is 7. The van der Waals surface area contributed by atoms with E-state index in [-0.39, 0.29) is 19.2 Å². The Bertz CT molecular complexity index is 619. The second-order valence-corrected chi connectivity index (χ2v) is 6.37. The smallest absolute Gasteiger partial charge is 0.370 e. The molecule has 1 aliphatic heterocycles. The monoisotopic (exact) mass is 395 g/mol. The molecule has 27 heavy (non-hydrogen) atoms. The zero-order chi connectivity index (χ0) is 19.9. The molecule has 0 bridgehead atoms. The van der Waals surface area contributed by atoms with Crippen molar-refractivity contribution in [2.45, 2.75) is 31.6 Å². The standard InChI is InChI=1S/C17H22F5N3O2/c18-14-2-1-12(9-15(14)19)10-25-6-3-13(4-7-25)24-16(26)23-5-8-27-11-17(20,21)22/h1-2,9,13H,3-8,10-11H2,(H2,23,24,26). The van der Waals surface area contributed by atoms with E-state index < -0.39 is 30.4 Å². The molecule has 10 heteroatoms. The molecule has 2 amide bonds. The van der Waals surface area contributed by atoms with Gasteiger partial charge in [-0.3, -0.25) is 4.90 Å². The quantitative estimate of drug-likeness (QED) is 0.552. The Hall–Kier alpha value is -1.94. The maximum atomic E-state index is 13.2. The van der Waals surface area contributed by atoms with Gasteiger partial charge in [0.1, 0.15) is 6.61 Å². The van der Waals surface area contributed by atoms with Crippen molar-refractivity contribution in [3.63, 3.8) is 0 Å². The number of hydrogen-bond acceptors (Lipinski definition) is 3. The van der Waals surface area contributed by atoms with Crippen LogP contribution in [0.4, 0.5) is 26.7 Å². The zero-order valence-corrected chi connectivity index (χ0v) is 14.6. The predicted molar refractivity (Wildman–Crippen MR) is 88.1 cm³/mol. The molecule has 0 aromatic heterocycles. The molecule has 5 nitrogen and oxygen atoms in total. The minimum atomic E-state index is -4.38. The Balaban J connectivity index is 1.61. The highest BCUT2D eigenvalue weighted by atomic mass is 19.4. The maximum Gasteiger partial charge on any atom is 0.411 e. The van der Waals surface area contributed by atoms with Gasteiger partial charge in [0.05, 0.1) is 6.61 Å². The first-order chi connectivity index (χ1) is 12.7. The number of piperidine rings is 1. The molecule has 2 rings (SSSR count). The SMILES string of the molecule is O=C(NCCOCC(F)(F)F)NC1CCN(Cc2ccc(F)c(F)c2)CC1. The first kappa shape index (κ1) is 21.4. The average molecular weight is 395 g/mol. The van der Waals surface area contributed by atoms with E-state index in [1.54, 1.807) is 0 Å². The molecular formula is C17H22F5N3O2. The van der Waals surface area contributed by atoms with Gasteiger partial charge in [0, 0.05) is 32.2 Å². The number of urea groups is 1. The summed E-state index contributed by atoms with van der Waals surface area (Å²) < 4.78 is 66.3. The summed E-state index contributed by atoms with van der Waals surface area (Å²) >= 11 is 0. The van der Waals surface area contributed by atoms with Gasteiger partial charge < -0.3 is 15.4 Å². The van der Waals surface area contributed by atoms with Gasteiger partial charge in [0.25, 0.3) is 0 Å². The van der Waals surface area contributed by atoms with Crippen molar-refractivity contribution < 1.29 is 31.5 Å². The molecule has 1 aromatic carbocycles. The molecule has 1 saturated heterocycles. The molecule has 2 N–H and O–H groups in total. The van der Waals surface area contributed by atoms with Gasteiger partial charge >= 0.3 is 12.2 Å². The van der Waals surface area contributed by atoms with Crippen molar-refractivity contribution in [1.29, 1.82) is 0 Å². The molecule has 1 fully saturated rings. The van der Waals surface area contributed by atoms with Crippen molar-refractivity contribution in [2.24, 2.45) is 0 Å². The largest absolute Gasteiger partial charge is 0.411 e. The minimum Gasteiger partial charge on any atom is -0.370 e. The molecule has 1 heterocycles. The summed E-state index contributed by atoms with van der Waals surface area (Å²) in [6.07, 6.45) is -3.01. The Morgan fingerprint density at radius 3 is 2.52 bits per heavy atom. The molecule has 1 aliphatic rings. The first-order valence-electron chi connectivity index (χ1n) is 8.58. The highest BCUT2D eigenvalue weighted by molar-refractivity contribution is 5.74. The molecule has 0 radical (unpaired) electrons. The van der Waals surface area contributed by atoms with Crippen LogP contribution in [0.15, 0.2) is 18.2 Å². The average Bonchev–Trinajstić information content (AvgIpc) is 2.58. The Labute approximate surface area is 153 Å². The topological polar surface area (TPSA) is 53.6 Å². The van der Waals surface area contributed by atoms with Crippen LogP contribution in [0, 0.1) is 11.6 Å². The van der Waals surface area contributed by atoms with Crippen LogP contribution >= 0.6 is 0 Å². The minimum absolute atomic E-state index is 0.0170. The normalized spacial score (nSPS) is 16.3. The van der Waals surface area contributed by atoms with Gasteiger partial charge in [-0.15, -0.1) is 0 Å². The lowest BCUT2D eigenvalue weighted by molar-refractivity contribution is -0.173. The summed E-state index contributed by atoms with van der Waals surface area (Å²) in [6.45, 7) is 0.271. The number of likely N-dealkylation sites (tertiary alicyclic amines) is 1. The number of alkyl halides is 3. The van der Waals surface area contributed by atoms with Gasteiger partial charge in [0.15, 0.2) is 11.6 Å². The van der Waals surface area contributed by atoms with Crippen molar-refractivity contribution in [2.75, 3.05) is 32.8 Å². The Morgan fingerprint density at radius 1 is 1.19 bits per heavy atom. The van der Waals surface area contributed by atoms with Gasteiger partial charge in [-0.25, -0.2) is 13.6 Å². The van der Waals surface area contributed by atoms with E-state index in [0.717, 1.165) is 6.07 Å². The Kier molecular flexibility index (Phi) is 7.78. The van der Waals surface area contributed by atoms with Gasteiger partial charge in [0.2, 0.25) is 0 Å². The van der Waals surface area contributed by atoms with Crippen LogP contribution in [0.1, 0.15) is 18.4 Å². The Morgan fingerprint density at radius 2 is 1.89 bits per heavy atom. The van der Waals surface area contributed by atoms with Crippen molar-refractivity contribution >= 4 is 6.03 Å². The third-order valence-electron chi connectivity index (χ3n) is 4.11. The van der Waals surface area contributed by atoms with E-state index in [1.165, 1.54) is 12.1 Å². The third kappa shape index (κ3) is 8.08. The summed E-state index contributed by atoms with van der Waals surface area (Å²) in [5, 5.41) is 5.21. The van der Waals surface area contributed by atoms with E-state index in [1.807, 2.05) is 0 Å². The van der Waals surface area contributed by atoms with Crippen LogP contribution in [0.2, 0.25) is 0 Å². The summed E-state index contributed by atoms with van der Waals surface area (Å²) in [7, 11) is 0. The van der Waals surface area contributed by atoms with Crippen molar-refractivity contribution in [3.05, 3.63) is 35.4 Å². The van der Waals surface area contributed by atoms with Crippen LogP contribution in [0.25, 0.3) is 0 Å². The predicted octanol–water partition coefficient (Wildman–Crippen LogP) is 2.81. The number of carbonyl (C=O) groups is 1. The molecule has 152 valence electrons. The van der Waals surface area contributed by atoms with Crippen LogP contribution < -0.4 is 10.6 Å². The van der Waals surface area contributed by atoms with E-state index in [9.17, 15) is 26.7 Å². The second kappa shape index (κ2) is 9.84. The number of amides is 2. The summed E-state index contributed by atoms with van der Waals surface area (Å²) in [6, 6.07) is 3.30. The molecule has 0 spiro atoms.